The van der Waals surface area contributed by atoms with Gasteiger partial charge in [-0.25, -0.2) is 9.97 Å². The lowest BCUT2D eigenvalue weighted by molar-refractivity contribution is -0.141. The summed E-state index contributed by atoms with van der Waals surface area (Å²) in [5.74, 6) is -0.163. The predicted molar refractivity (Wildman–Crippen MR) is 63.5 cm³/mol. The summed E-state index contributed by atoms with van der Waals surface area (Å²) in [4.78, 5) is 18.9. The van der Waals surface area contributed by atoms with E-state index in [0.717, 1.165) is 36.9 Å². The highest BCUT2D eigenvalue weighted by Crippen LogP contribution is 2.30. The van der Waals surface area contributed by atoms with Crippen molar-refractivity contribution in [2.24, 2.45) is 0 Å². The van der Waals surface area contributed by atoms with E-state index in [-0.39, 0.29) is 11.1 Å². The quantitative estimate of drug-likeness (QED) is 0.849. The number of thioether (sulfide) groups is 1. The zero-order valence-corrected chi connectivity index (χ0v) is 10.7. The third-order valence-corrected chi connectivity index (χ3v) is 3.80. The summed E-state index contributed by atoms with van der Waals surface area (Å²) in [6, 6.07) is 0.817. The number of rotatable bonds is 2. The molecule has 0 aromatic carbocycles. The van der Waals surface area contributed by atoms with E-state index in [1.807, 2.05) is 0 Å². The maximum absolute atomic E-state index is 12.5. The van der Waals surface area contributed by atoms with Crippen LogP contribution >= 0.6 is 11.8 Å². The molecule has 0 spiro atoms. The number of halogens is 3. The minimum absolute atomic E-state index is 0.0168. The van der Waals surface area contributed by atoms with E-state index in [2.05, 4.69) is 15.3 Å². The molecule has 1 saturated heterocycles. The fourth-order valence-corrected chi connectivity index (χ4v) is 2.71. The van der Waals surface area contributed by atoms with Crippen LogP contribution in [-0.4, -0.2) is 27.7 Å². The number of alkyl halides is 3. The molecule has 2 rings (SSSR count). The topological polar surface area (TPSA) is 54.9 Å². The first-order chi connectivity index (χ1) is 8.97. The van der Waals surface area contributed by atoms with Gasteiger partial charge in [0.15, 0.2) is 5.16 Å². The van der Waals surface area contributed by atoms with Gasteiger partial charge >= 0.3 is 6.18 Å². The number of amides is 1. The Bertz CT molecular complexity index is 467. The van der Waals surface area contributed by atoms with E-state index >= 15 is 0 Å². The molecular formula is C11H12F3N3OS. The van der Waals surface area contributed by atoms with Gasteiger partial charge in [0.25, 0.3) is 0 Å². The van der Waals surface area contributed by atoms with Crippen molar-refractivity contribution in [3.05, 3.63) is 18.0 Å². The molecule has 104 valence electrons. The Morgan fingerprint density at radius 3 is 2.89 bits per heavy atom. The first-order valence-corrected chi connectivity index (χ1v) is 6.69. The summed E-state index contributed by atoms with van der Waals surface area (Å²) in [5, 5.41) is 2.28. The van der Waals surface area contributed by atoms with Gasteiger partial charge in [-0.1, -0.05) is 18.2 Å². The lowest BCUT2D eigenvalue weighted by Gasteiger charge is -2.12. The average Bonchev–Trinajstić information content (AvgIpc) is 2.54. The lowest BCUT2D eigenvalue weighted by Crippen LogP contribution is -2.30. The molecule has 1 aromatic rings. The summed E-state index contributed by atoms with van der Waals surface area (Å²) in [7, 11) is 0. The molecule has 2 heterocycles. The van der Waals surface area contributed by atoms with Gasteiger partial charge in [0.05, 0.1) is 5.25 Å². The first kappa shape index (κ1) is 14.1. The highest BCUT2D eigenvalue weighted by molar-refractivity contribution is 8.00. The molecule has 1 N–H and O–H groups in total. The van der Waals surface area contributed by atoms with Crippen molar-refractivity contribution >= 4 is 17.7 Å². The van der Waals surface area contributed by atoms with Crippen LogP contribution in [0.25, 0.3) is 0 Å². The third-order valence-electron chi connectivity index (χ3n) is 2.66. The van der Waals surface area contributed by atoms with Crippen LogP contribution in [0.15, 0.2) is 17.4 Å². The molecule has 4 nitrogen and oxygen atoms in total. The monoisotopic (exact) mass is 291 g/mol. The molecule has 0 unspecified atom stereocenters. The van der Waals surface area contributed by atoms with Crippen LogP contribution in [0, 0.1) is 0 Å². The molecule has 0 bridgehead atoms. The van der Waals surface area contributed by atoms with Gasteiger partial charge in [-0.3, -0.25) is 4.79 Å². The lowest BCUT2D eigenvalue weighted by atomic mass is 10.2. The molecule has 0 saturated carbocycles. The normalized spacial score (nSPS) is 20.8. The van der Waals surface area contributed by atoms with Crippen molar-refractivity contribution < 1.29 is 18.0 Å². The number of carbonyl (C=O) groups is 1. The summed E-state index contributed by atoms with van der Waals surface area (Å²) in [5.41, 5.74) is -0.987. The second kappa shape index (κ2) is 5.77. The van der Waals surface area contributed by atoms with E-state index in [9.17, 15) is 18.0 Å². The number of hydrogen-bond acceptors (Lipinski definition) is 4. The van der Waals surface area contributed by atoms with Crippen LogP contribution in [0.3, 0.4) is 0 Å². The molecule has 0 radical (unpaired) electrons. The SMILES string of the molecule is O=C1NCCCC[C@@H]1Sc1nccc(C(F)(F)F)n1. The van der Waals surface area contributed by atoms with Gasteiger partial charge < -0.3 is 5.32 Å². The molecule has 1 atom stereocenters. The van der Waals surface area contributed by atoms with Crippen LogP contribution in [0.5, 0.6) is 0 Å². The summed E-state index contributed by atoms with van der Waals surface area (Å²) in [6.45, 7) is 0.610. The van der Waals surface area contributed by atoms with Crippen LogP contribution in [-0.2, 0) is 11.0 Å². The van der Waals surface area contributed by atoms with Crippen molar-refractivity contribution in [3.63, 3.8) is 0 Å². The molecule has 19 heavy (non-hydrogen) atoms. The predicted octanol–water partition coefficient (Wildman–Crippen LogP) is 2.26. The van der Waals surface area contributed by atoms with E-state index in [1.165, 1.54) is 0 Å². The van der Waals surface area contributed by atoms with Gasteiger partial charge in [-0.05, 0) is 18.9 Å². The minimum atomic E-state index is -4.50. The van der Waals surface area contributed by atoms with E-state index in [0.29, 0.717) is 13.0 Å². The standard InChI is InChI=1S/C11H12F3N3OS/c12-11(13,14)8-4-6-16-10(17-8)19-7-3-1-2-5-15-9(7)18/h4,6-7H,1-3,5H2,(H,15,18)/t7-/m0/s1. The smallest absolute Gasteiger partial charge is 0.355 e. The largest absolute Gasteiger partial charge is 0.433 e. The Morgan fingerprint density at radius 1 is 1.37 bits per heavy atom. The minimum Gasteiger partial charge on any atom is -0.355 e. The molecule has 0 aliphatic carbocycles. The van der Waals surface area contributed by atoms with Gasteiger partial charge in [0.1, 0.15) is 5.69 Å². The molecular weight excluding hydrogens is 279 g/mol. The van der Waals surface area contributed by atoms with Crippen LogP contribution in [0.4, 0.5) is 13.2 Å². The molecule has 1 aliphatic rings. The van der Waals surface area contributed by atoms with E-state index in [1.54, 1.807) is 0 Å². The summed E-state index contributed by atoms with van der Waals surface area (Å²) >= 11 is 0.982. The Hall–Kier alpha value is -1.31. The highest BCUT2D eigenvalue weighted by atomic mass is 32.2. The second-order valence-corrected chi connectivity index (χ2v) is 5.29. The number of nitrogens with one attached hydrogen (secondary N) is 1. The van der Waals surface area contributed by atoms with E-state index in [4.69, 9.17) is 0 Å². The zero-order valence-electron chi connectivity index (χ0n) is 9.91. The Balaban J connectivity index is 2.12. The van der Waals surface area contributed by atoms with Gasteiger partial charge in [0, 0.05) is 12.7 Å². The molecule has 1 fully saturated rings. The maximum Gasteiger partial charge on any atom is 0.433 e. The Morgan fingerprint density at radius 2 is 2.16 bits per heavy atom. The first-order valence-electron chi connectivity index (χ1n) is 5.81. The number of hydrogen-bond donors (Lipinski definition) is 1. The molecule has 1 amide bonds. The molecule has 1 aromatic heterocycles. The van der Waals surface area contributed by atoms with Crippen LogP contribution < -0.4 is 5.32 Å². The zero-order chi connectivity index (χ0) is 13.9. The Kier molecular flexibility index (Phi) is 4.28. The fraction of sp³-hybridized carbons (Fsp3) is 0.545. The third kappa shape index (κ3) is 3.82. The van der Waals surface area contributed by atoms with E-state index < -0.39 is 17.1 Å². The highest BCUT2D eigenvalue weighted by Gasteiger charge is 2.33. The van der Waals surface area contributed by atoms with Crippen molar-refractivity contribution in [2.75, 3.05) is 6.54 Å². The van der Waals surface area contributed by atoms with Gasteiger partial charge in [0.2, 0.25) is 5.91 Å². The number of aromatic nitrogens is 2. The van der Waals surface area contributed by atoms with Gasteiger partial charge in [-0.2, -0.15) is 13.2 Å². The van der Waals surface area contributed by atoms with Gasteiger partial charge in [-0.15, -0.1) is 0 Å². The van der Waals surface area contributed by atoms with Crippen molar-refractivity contribution in [1.29, 1.82) is 0 Å². The van der Waals surface area contributed by atoms with Crippen molar-refractivity contribution in [2.45, 2.75) is 35.8 Å². The number of carbonyl (C=O) groups excluding carboxylic acids is 1. The molecule has 1 aliphatic heterocycles. The summed E-state index contributed by atoms with van der Waals surface area (Å²) in [6.07, 6.45) is -1.07. The maximum atomic E-state index is 12.5. The van der Waals surface area contributed by atoms with Crippen LogP contribution in [0.2, 0.25) is 0 Å². The van der Waals surface area contributed by atoms with Crippen molar-refractivity contribution in [1.82, 2.24) is 15.3 Å². The van der Waals surface area contributed by atoms with Crippen LogP contribution in [0.1, 0.15) is 25.0 Å². The van der Waals surface area contributed by atoms with Crippen molar-refractivity contribution in [3.8, 4) is 0 Å². The second-order valence-electron chi connectivity index (χ2n) is 4.12. The Labute approximate surface area is 112 Å². The molecule has 8 heteroatoms. The summed E-state index contributed by atoms with van der Waals surface area (Å²) < 4.78 is 37.5. The fourth-order valence-electron chi connectivity index (χ4n) is 1.71. The number of nitrogens with zero attached hydrogens (tertiary/aromatic N) is 2. The average molecular weight is 291 g/mol.